The second kappa shape index (κ2) is 9.47. The molecule has 0 radical (unpaired) electrons. The van der Waals surface area contributed by atoms with Gasteiger partial charge in [-0.3, -0.25) is 4.79 Å². The Hall–Kier alpha value is -3.85. The summed E-state index contributed by atoms with van der Waals surface area (Å²) in [6.45, 7) is 0. The summed E-state index contributed by atoms with van der Waals surface area (Å²) in [5, 5.41) is 4.61. The van der Waals surface area contributed by atoms with Crippen molar-refractivity contribution in [1.82, 2.24) is 0 Å². The van der Waals surface area contributed by atoms with Crippen molar-refractivity contribution in [3.63, 3.8) is 0 Å². The van der Waals surface area contributed by atoms with Gasteiger partial charge in [-0.2, -0.15) is 0 Å². The van der Waals surface area contributed by atoms with Crippen LogP contribution in [0.1, 0.15) is 88.2 Å². The van der Waals surface area contributed by atoms with Crippen molar-refractivity contribution >= 4 is 33.4 Å². The molecule has 1 spiro atoms. The van der Waals surface area contributed by atoms with Gasteiger partial charge in [0.15, 0.2) is 11.4 Å². The Labute approximate surface area is 288 Å². The van der Waals surface area contributed by atoms with Gasteiger partial charge >= 0.3 is 0 Å². The molecule has 4 aromatic rings. The summed E-state index contributed by atoms with van der Waals surface area (Å²) >= 11 is 0. The van der Waals surface area contributed by atoms with E-state index in [1.54, 1.807) is 0 Å². The molecule has 3 heteroatoms. The number of fused-ring (bicyclic) bond motifs is 7. The fraction of sp³-hybridized carbons (Fsp3) is 0.457. The highest BCUT2D eigenvalue weighted by atomic mass is 16.5. The summed E-state index contributed by atoms with van der Waals surface area (Å²) in [5.41, 5.74) is 1.59. The van der Waals surface area contributed by atoms with Crippen LogP contribution in [-0.4, -0.2) is 5.78 Å². The molecule has 8 fully saturated rings. The third-order valence-electron chi connectivity index (χ3n) is 15.0. The molecule has 0 aromatic heterocycles. The zero-order valence-corrected chi connectivity index (χ0v) is 28.3. The highest BCUT2D eigenvalue weighted by Gasteiger charge is 2.61. The van der Waals surface area contributed by atoms with Gasteiger partial charge in [0.25, 0.3) is 0 Å². The third kappa shape index (κ3) is 3.77. The summed E-state index contributed by atoms with van der Waals surface area (Å²) in [4.78, 5) is 16.0. The molecule has 2 aliphatic heterocycles. The van der Waals surface area contributed by atoms with Gasteiger partial charge in [0.2, 0.25) is 0 Å². The van der Waals surface area contributed by atoms with Crippen LogP contribution in [0.15, 0.2) is 90.2 Å². The van der Waals surface area contributed by atoms with E-state index in [4.69, 9.17) is 9.47 Å². The molecule has 3 nitrogen and oxygen atoms in total. The lowest BCUT2D eigenvalue weighted by Crippen LogP contribution is -2.54. The van der Waals surface area contributed by atoms with Gasteiger partial charge in [-0.25, -0.2) is 0 Å². The van der Waals surface area contributed by atoms with Crippen molar-refractivity contribution in [2.24, 2.45) is 46.3 Å². The van der Waals surface area contributed by atoms with Crippen molar-refractivity contribution < 1.29 is 14.3 Å². The Balaban J connectivity index is 1.14. The standard InChI is InChI=1S/C46H44O3/c47-43(45-23-30-16-31(24-45)18-32(17-30)25-45)38-19-37-35-7-3-1-5-33(35)9-11-39(37)49-46(38)26-41(44-20-27-13-28(21-44)15-29(14-27)22-44)48-40-12-10-34-6-2-4-8-36(34)42(40)46/h1-12,19,26-32H,13-18,20-25H2. The number of allylic oxidation sites excluding steroid dienone is 1. The summed E-state index contributed by atoms with van der Waals surface area (Å²) in [6, 6.07) is 26.0. The lowest BCUT2D eigenvalue weighted by molar-refractivity contribution is -0.141. The van der Waals surface area contributed by atoms with E-state index >= 15 is 4.79 Å². The topological polar surface area (TPSA) is 35.5 Å². The van der Waals surface area contributed by atoms with Gasteiger partial charge in [0.1, 0.15) is 17.3 Å². The normalized spacial score (nSPS) is 38.9. The van der Waals surface area contributed by atoms with Gasteiger partial charge in [-0.1, -0.05) is 60.7 Å². The van der Waals surface area contributed by atoms with Crippen LogP contribution in [0, 0.1) is 46.3 Å². The third-order valence-corrected chi connectivity index (χ3v) is 15.0. The molecular formula is C46H44O3. The molecule has 2 heterocycles. The maximum Gasteiger partial charge on any atom is 0.188 e. The first-order chi connectivity index (χ1) is 24.0. The minimum atomic E-state index is -1.05. The predicted octanol–water partition coefficient (Wildman–Crippen LogP) is 10.9. The van der Waals surface area contributed by atoms with Crippen molar-refractivity contribution in [1.29, 1.82) is 0 Å². The quantitative estimate of drug-likeness (QED) is 0.223. The SMILES string of the molecule is O=C(C1=Cc2c(ccc3ccccc23)OC12C=C(C13CC4CC(CC(C4)C1)C3)Oc1ccc3ccccc3c12)C12CC3CC(CC(C3)C1)C2. The summed E-state index contributed by atoms with van der Waals surface area (Å²) in [5.74, 6) is 7.59. The van der Waals surface area contributed by atoms with Crippen LogP contribution in [0.2, 0.25) is 0 Å². The average Bonchev–Trinajstić information content (AvgIpc) is 3.09. The van der Waals surface area contributed by atoms with Crippen LogP contribution in [0.4, 0.5) is 0 Å². The molecule has 8 aliphatic carbocycles. The van der Waals surface area contributed by atoms with E-state index in [-0.39, 0.29) is 10.8 Å². The van der Waals surface area contributed by atoms with E-state index < -0.39 is 5.60 Å². The summed E-state index contributed by atoms with van der Waals surface area (Å²) in [7, 11) is 0. The van der Waals surface area contributed by atoms with Gasteiger partial charge in [0, 0.05) is 28.0 Å². The summed E-state index contributed by atoms with van der Waals surface area (Å²) in [6.07, 6.45) is 19.5. The largest absolute Gasteiger partial charge is 0.473 e. The molecule has 0 amide bonds. The van der Waals surface area contributed by atoms with Crippen molar-refractivity contribution in [2.75, 3.05) is 0 Å². The van der Waals surface area contributed by atoms with Gasteiger partial charge in [-0.05, 0) is 152 Å². The van der Waals surface area contributed by atoms with Gasteiger partial charge in [-0.15, -0.1) is 0 Å². The number of hydrogen-bond acceptors (Lipinski definition) is 3. The van der Waals surface area contributed by atoms with Crippen LogP contribution in [0.3, 0.4) is 0 Å². The first-order valence-electron chi connectivity index (χ1n) is 19.4. The Morgan fingerprint density at radius 3 is 1.76 bits per heavy atom. The predicted molar refractivity (Wildman–Crippen MR) is 193 cm³/mol. The Morgan fingerprint density at radius 2 is 1.12 bits per heavy atom. The van der Waals surface area contributed by atoms with Crippen molar-refractivity contribution in [3.8, 4) is 11.5 Å². The molecule has 4 aromatic carbocycles. The van der Waals surface area contributed by atoms with E-state index in [1.807, 2.05) is 0 Å². The number of ether oxygens (including phenoxy) is 2. The van der Waals surface area contributed by atoms with E-state index in [2.05, 4.69) is 84.9 Å². The number of benzene rings is 4. The van der Waals surface area contributed by atoms with Gasteiger partial charge < -0.3 is 9.47 Å². The van der Waals surface area contributed by atoms with Crippen molar-refractivity contribution in [2.45, 2.75) is 82.7 Å². The van der Waals surface area contributed by atoms with E-state index in [1.165, 1.54) is 63.2 Å². The average molecular weight is 645 g/mol. The zero-order chi connectivity index (χ0) is 32.1. The minimum absolute atomic E-state index is 0.0208. The molecule has 8 bridgehead atoms. The number of Topliss-reactive ketones (excluding diaryl/α,β-unsaturated/α-hetero) is 1. The smallest absolute Gasteiger partial charge is 0.188 e. The monoisotopic (exact) mass is 644 g/mol. The molecule has 0 saturated heterocycles. The molecule has 49 heavy (non-hydrogen) atoms. The second-order valence-electron chi connectivity index (χ2n) is 18.1. The maximum atomic E-state index is 16.0. The Kier molecular flexibility index (Phi) is 5.40. The summed E-state index contributed by atoms with van der Waals surface area (Å²) < 4.78 is 14.9. The van der Waals surface area contributed by atoms with Crippen LogP contribution in [0.25, 0.3) is 27.6 Å². The maximum absolute atomic E-state index is 16.0. The molecule has 1 unspecified atom stereocenters. The van der Waals surface area contributed by atoms with Crippen LogP contribution < -0.4 is 9.47 Å². The van der Waals surface area contributed by atoms with E-state index in [0.29, 0.717) is 23.5 Å². The highest BCUT2D eigenvalue weighted by molar-refractivity contribution is 6.10. The Morgan fingerprint density at radius 1 is 0.592 bits per heavy atom. The van der Waals surface area contributed by atoms with Crippen LogP contribution in [-0.2, 0) is 10.4 Å². The van der Waals surface area contributed by atoms with Crippen LogP contribution in [0.5, 0.6) is 11.5 Å². The fourth-order valence-corrected chi connectivity index (χ4v) is 14.0. The molecule has 14 rings (SSSR count). The van der Waals surface area contributed by atoms with Crippen LogP contribution >= 0.6 is 0 Å². The van der Waals surface area contributed by atoms with E-state index in [0.717, 1.165) is 87.1 Å². The zero-order valence-electron chi connectivity index (χ0n) is 28.3. The molecule has 1 atom stereocenters. The number of hydrogen-bond donors (Lipinski definition) is 0. The van der Waals surface area contributed by atoms with Crippen molar-refractivity contribution in [3.05, 3.63) is 101 Å². The number of carbonyl (C=O) groups excluding carboxylic acids is 1. The minimum Gasteiger partial charge on any atom is -0.473 e. The molecule has 0 N–H and O–H groups in total. The molecule has 246 valence electrons. The Bertz CT molecular complexity index is 2110. The lowest BCUT2D eigenvalue weighted by atomic mass is 9.47. The molecular weight excluding hydrogens is 601 g/mol. The number of rotatable bonds is 3. The van der Waals surface area contributed by atoms with Gasteiger partial charge in [0.05, 0.1) is 5.56 Å². The number of carbonyl (C=O) groups is 1. The highest BCUT2D eigenvalue weighted by Crippen LogP contribution is 2.67. The number of ketones is 1. The lowest BCUT2D eigenvalue weighted by Gasteiger charge is -2.58. The molecule has 8 saturated carbocycles. The molecule has 10 aliphatic rings. The second-order valence-corrected chi connectivity index (χ2v) is 18.1. The van der Waals surface area contributed by atoms with E-state index in [9.17, 15) is 0 Å². The fourth-order valence-electron chi connectivity index (χ4n) is 14.0. The first kappa shape index (κ1) is 27.9. The first-order valence-corrected chi connectivity index (χ1v) is 19.4.